The minimum Gasteiger partial charge on any atom is -0.494 e. The van der Waals surface area contributed by atoms with E-state index in [-0.39, 0.29) is 0 Å². The minimum absolute atomic E-state index is 0.340. The lowest BCUT2D eigenvalue weighted by Crippen LogP contribution is -2.09. The Morgan fingerprint density at radius 1 is 0.800 bits per heavy atom. The number of aryl methyl sites for hydroxylation is 1. The molecule has 0 N–H and O–H groups in total. The summed E-state index contributed by atoms with van der Waals surface area (Å²) >= 11 is 6.28. The minimum atomic E-state index is -0.457. The summed E-state index contributed by atoms with van der Waals surface area (Å²) in [5.74, 6) is 0.746. The monoisotopic (exact) mass is 430 g/mol. The Morgan fingerprint density at radius 2 is 1.43 bits per heavy atom. The first-order chi connectivity index (χ1) is 14.6. The number of benzene rings is 2. The molecule has 0 aromatic heterocycles. The second-order valence-electron chi connectivity index (χ2n) is 7.75. The Bertz CT molecular complexity index is 755. The van der Waals surface area contributed by atoms with E-state index in [2.05, 4.69) is 13.8 Å². The van der Waals surface area contributed by atoms with Crippen molar-refractivity contribution in [3.05, 3.63) is 58.6 Å². The maximum atomic E-state index is 12.5. The van der Waals surface area contributed by atoms with E-state index < -0.39 is 5.97 Å². The summed E-state index contributed by atoms with van der Waals surface area (Å²) in [5.41, 5.74) is 1.61. The van der Waals surface area contributed by atoms with Crippen molar-refractivity contribution in [2.75, 3.05) is 6.61 Å². The fraction of sp³-hybridized carbons (Fsp3) is 0.500. The molecule has 0 unspecified atom stereocenters. The molecule has 3 nitrogen and oxygen atoms in total. The van der Waals surface area contributed by atoms with E-state index in [1.165, 1.54) is 44.1 Å². The molecule has 0 atom stereocenters. The van der Waals surface area contributed by atoms with Crippen molar-refractivity contribution in [3.63, 3.8) is 0 Å². The van der Waals surface area contributed by atoms with Crippen LogP contribution in [0.1, 0.15) is 87.6 Å². The van der Waals surface area contributed by atoms with Crippen molar-refractivity contribution in [3.8, 4) is 11.5 Å². The lowest BCUT2D eigenvalue weighted by atomic mass is 10.0. The van der Waals surface area contributed by atoms with Gasteiger partial charge >= 0.3 is 5.97 Å². The third-order valence-electron chi connectivity index (χ3n) is 5.13. The van der Waals surface area contributed by atoms with Crippen LogP contribution in [0, 0.1) is 0 Å². The van der Waals surface area contributed by atoms with Crippen LogP contribution in [0.3, 0.4) is 0 Å². The molecule has 0 saturated carbocycles. The first-order valence-corrected chi connectivity index (χ1v) is 11.7. The Kier molecular flexibility index (Phi) is 11.4. The predicted molar refractivity (Wildman–Crippen MR) is 125 cm³/mol. The van der Waals surface area contributed by atoms with Gasteiger partial charge in [0.2, 0.25) is 0 Å². The van der Waals surface area contributed by atoms with E-state index in [4.69, 9.17) is 21.1 Å². The highest BCUT2D eigenvalue weighted by Gasteiger charge is 2.14. The van der Waals surface area contributed by atoms with E-state index in [0.29, 0.717) is 28.7 Å². The number of carbonyl (C=O) groups is 1. The van der Waals surface area contributed by atoms with Crippen molar-refractivity contribution in [1.29, 1.82) is 0 Å². The molecule has 0 aliphatic rings. The van der Waals surface area contributed by atoms with Gasteiger partial charge in [0, 0.05) is 0 Å². The first-order valence-electron chi connectivity index (χ1n) is 11.4. The van der Waals surface area contributed by atoms with E-state index in [1.54, 1.807) is 18.2 Å². The average molecular weight is 431 g/mol. The molecule has 0 aliphatic carbocycles. The molecule has 2 aromatic rings. The smallest absolute Gasteiger partial charge is 0.345 e. The highest BCUT2D eigenvalue weighted by molar-refractivity contribution is 6.33. The van der Waals surface area contributed by atoms with E-state index in [1.807, 2.05) is 24.3 Å². The molecule has 4 heteroatoms. The van der Waals surface area contributed by atoms with Gasteiger partial charge in [-0.25, -0.2) is 4.79 Å². The van der Waals surface area contributed by atoms with Crippen LogP contribution in [-0.2, 0) is 6.42 Å². The van der Waals surface area contributed by atoms with Crippen LogP contribution < -0.4 is 9.47 Å². The molecule has 0 saturated heterocycles. The number of unbranched alkanes of at least 4 members (excludes halogenated alkanes) is 7. The Morgan fingerprint density at radius 3 is 2.13 bits per heavy atom. The Balaban J connectivity index is 1.81. The van der Waals surface area contributed by atoms with Crippen molar-refractivity contribution < 1.29 is 14.3 Å². The SMILES string of the molecule is CCCCCCCCc1ccc(OC(=O)c2ccc(OCCCCC)cc2Cl)cc1. The molecule has 2 rings (SSSR count). The standard InChI is InChI=1S/C26H35ClO3/c1-3-5-7-8-9-10-12-21-13-15-22(16-14-21)30-26(28)24-18-17-23(20-25(24)27)29-19-11-6-4-2/h13-18,20H,3-12,19H2,1-2H3. The number of hydrogen-bond donors (Lipinski definition) is 0. The van der Waals surface area contributed by atoms with Gasteiger partial charge in [-0.1, -0.05) is 82.5 Å². The maximum Gasteiger partial charge on any atom is 0.345 e. The van der Waals surface area contributed by atoms with Gasteiger partial charge in [-0.05, 0) is 55.2 Å². The third kappa shape index (κ3) is 8.79. The fourth-order valence-electron chi connectivity index (χ4n) is 3.29. The highest BCUT2D eigenvalue weighted by atomic mass is 35.5. The van der Waals surface area contributed by atoms with E-state index in [9.17, 15) is 4.79 Å². The number of ether oxygens (including phenoxy) is 2. The first kappa shape index (κ1) is 24.3. The molecule has 30 heavy (non-hydrogen) atoms. The molecule has 0 fully saturated rings. The van der Waals surface area contributed by atoms with Crippen molar-refractivity contribution in [2.45, 2.75) is 78.1 Å². The summed E-state index contributed by atoms with van der Waals surface area (Å²) in [7, 11) is 0. The molecule has 0 spiro atoms. The summed E-state index contributed by atoms with van der Waals surface area (Å²) in [6, 6.07) is 12.9. The highest BCUT2D eigenvalue weighted by Crippen LogP contribution is 2.25. The van der Waals surface area contributed by atoms with Crippen molar-refractivity contribution in [1.82, 2.24) is 0 Å². The number of carbonyl (C=O) groups excluding carboxylic acids is 1. The van der Waals surface area contributed by atoms with Crippen LogP contribution in [-0.4, -0.2) is 12.6 Å². The summed E-state index contributed by atoms with van der Waals surface area (Å²) in [6.07, 6.45) is 12.1. The van der Waals surface area contributed by atoms with Crippen molar-refractivity contribution in [2.24, 2.45) is 0 Å². The molecule has 0 heterocycles. The average Bonchev–Trinajstić information content (AvgIpc) is 2.75. The molecule has 0 amide bonds. The summed E-state index contributed by atoms with van der Waals surface area (Å²) in [5, 5.41) is 0.340. The van der Waals surface area contributed by atoms with E-state index >= 15 is 0 Å². The molecule has 164 valence electrons. The van der Waals surface area contributed by atoms with Gasteiger partial charge in [-0.3, -0.25) is 0 Å². The predicted octanol–water partition coefficient (Wildman–Crippen LogP) is 8.03. The van der Waals surface area contributed by atoms with Crippen LogP contribution in [0.15, 0.2) is 42.5 Å². The number of rotatable bonds is 14. The zero-order valence-electron chi connectivity index (χ0n) is 18.4. The zero-order valence-corrected chi connectivity index (χ0v) is 19.2. The van der Waals surface area contributed by atoms with Gasteiger partial charge in [-0.2, -0.15) is 0 Å². The normalized spacial score (nSPS) is 10.8. The molecule has 0 radical (unpaired) electrons. The van der Waals surface area contributed by atoms with Gasteiger partial charge in [0.1, 0.15) is 11.5 Å². The number of halogens is 1. The van der Waals surface area contributed by atoms with Crippen LogP contribution in [0.25, 0.3) is 0 Å². The van der Waals surface area contributed by atoms with Gasteiger partial charge in [0.25, 0.3) is 0 Å². The second-order valence-corrected chi connectivity index (χ2v) is 8.16. The molecule has 0 aliphatic heterocycles. The Labute approximate surface area is 186 Å². The molecule has 0 bridgehead atoms. The quantitative estimate of drug-likeness (QED) is 0.173. The number of hydrogen-bond acceptors (Lipinski definition) is 3. The maximum absolute atomic E-state index is 12.5. The van der Waals surface area contributed by atoms with Crippen LogP contribution in [0.4, 0.5) is 0 Å². The molecular weight excluding hydrogens is 396 g/mol. The fourth-order valence-corrected chi connectivity index (χ4v) is 3.54. The number of esters is 1. The summed E-state index contributed by atoms with van der Waals surface area (Å²) < 4.78 is 11.2. The zero-order chi connectivity index (χ0) is 21.6. The summed E-state index contributed by atoms with van der Waals surface area (Å²) in [4.78, 5) is 12.5. The lowest BCUT2D eigenvalue weighted by molar-refractivity contribution is 0.0735. The van der Waals surface area contributed by atoms with Crippen LogP contribution in [0.5, 0.6) is 11.5 Å². The van der Waals surface area contributed by atoms with Crippen LogP contribution in [0.2, 0.25) is 5.02 Å². The van der Waals surface area contributed by atoms with Gasteiger partial charge in [-0.15, -0.1) is 0 Å². The second kappa shape index (κ2) is 14.1. The van der Waals surface area contributed by atoms with Gasteiger partial charge in [0.15, 0.2) is 0 Å². The summed E-state index contributed by atoms with van der Waals surface area (Å²) in [6.45, 7) is 5.04. The van der Waals surface area contributed by atoms with E-state index in [0.717, 1.165) is 25.7 Å². The lowest BCUT2D eigenvalue weighted by Gasteiger charge is -2.10. The Hall–Kier alpha value is -2.00. The molecular formula is C26H35ClO3. The van der Waals surface area contributed by atoms with Gasteiger partial charge in [0.05, 0.1) is 17.2 Å². The third-order valence-corrected chi connectivity index (χ3v) is 5.44. The van der Waals surface area contributed by atoms with Crippen LogP contribution >= 0.6 is 11.6 Å². The van der Waals surface area contributed by atoms with Gasteiger partial charge < -0.3 is 9.47 Å². The molecule has 2 aromatic carbocycles. The topological polar surface area (TPSA) is 35.5 Å². The van der Waals surface area contributed by atoms with Crippen molar-refractivity contribution >= 4 is 17.6 Å². The largest absolute Gasteiger partial charge is 0.494 e.